The smallest absolute Gasteiger partial charge is 0.245 e. The number of morpholine rings is 1. The molecule has 2 aliphatic heterocycles. The van der Waals surface area contributed by atoms with Crippen molar-refractivity contribution in [2.45, 2.75) is 25.5 Å². The lowest BCUT2D eigenvalue weighted by Gasteiger charge is -2.32. The van der Waals surface area contributed by atoms with Gasteiger partial charge in [-0.3, -0.25) is 4.79 Å². The molecule has 0 aliphatic carbocycles. The van der Waals surface area contributed by atoms with Gasteiger partial charge in [0.15, 0.2) is 0 Å². The number of anilines is 1. The number of ether oxygens (including phenoxy) is 1. The highest BCUT2D eigenvalue weighted by molar-refractivity contribution is 5.87. The van der Waals surface area contributed by atoms with E-state index in [9.17, 15) is 4.79 Å². The molecule has 3 rings (SSSR count). The fraction of sp³-hybridized carbons (Fsp3) is 0.500. The van der Waals surface area contributed by atoms with Gasteiger partial charge in [-0.15, -0.1) is 0 Å². The van der Waals surface area contributed by atoms with Crippen LogP contribution >= 0.6 is 0 Å². The third-order valence-corrected chi connectivity index (χ3v) is 3.62. The first kappa shape index (κ1) is 11.5. The predicted octanol–water partition coefficient (Wildman–Crippen LogP) is 1.27. The largest absolute Gasteiger partial charge is 0.375 e. The molecule has 1 N–H and O–H groups in total. The zero-order valence-corrected chi connectivity index (χ0v) is 10.6. The summed E-state index contributed by atoms with van der Waals surface area (Å²) in [5, 5.41) is 3.31. The van der Waals surface area contributed by atoms with Crippen LogP contribution in [0, 0.1) is 0 Å². The van der Waals surface area contributed by atoms with Gasteiger partial charge >= 0.3 is 0 Å². The Morgan fingerprint density at radius 3 is 3.06 bits per heavy atom. The van der Waals surface area contributed by atoms with Gasteiger partial charge in [-0.2, -0.15) is 0 Å². The maximum Gasteiger partial charge on any atom is 0.245 e. The Morgan fingerprint density at radius 2 is 2.28 bits per heavy atom. The Kier molecular flexibility index (Phi) is 2.96. The maximum atomic E-state index is 12.4. The molecule has 0 saturated carbocycles. The van der Waals surface area contributed by atoms with E-state index in [2.05, 4.69) is 11.4 Å². The van der Waals surface area contributed by atoms with E-state index in [4.69, 9.17) is 4.74 Å². The maximum absolute atomic E-state index is 12.4. The van der Waals surface area contributed by atoms with Crippen molar-refractivity contribution in [2.24, 2.45) is 0 Å². The third-order valence-electron chi connectivity index (χ3n) is 3.62. The van der Waals surface area contributed by atoms with Crippen LogP contribution in [0.25, 0.3) is 0 Å². The number of nitrogens with zero attached hydrogens (tertiary/aromatic N) is 1. The summed E-state index contributed by atoms with van der Waals surface area (Å²) < 4.78 is 5.47. The quantitative estimate of drug-likeness (QED) is 0.811. The molecule has 4 nitrogen and oxygen atoms in total. The van der Waals surface area contributed by atoms with Gasteiger partial charge in [-0.25, -0.2) is 0 Å². The number of rotatable bonds is 1. The van der Waals surface area contributed by atoms with Gasteiger partial charge < -0.3 is 15.0 Å². The summed E-state index contributed by atoms with van der Waals surface area (Å²) in [6.07, 6.45) is 0.937. The molecule has 2 atom stereocenters. The summed E-state index contributed by atoms with van der Waals surface area (Å²) >= 11 is 0. The van der Waals surface area contributed by atoms with Crippen molar-refractivity contribution in [1.82, 2.24) is 4.90 Å². The number of benzene rings is 1. The molecule has 2 heterocycles. The van der Waals surface area contributed by atoms with Crippen molar-refractivity contribution in [1.29, 1.82) is 0 Å². The normalized spacial score (nSPS) is 26.6. The molecule has 4 heteroatoms. The van der Waals surface area contributed by atoms with E-state index in [1.165, 1.54) is 5.56 Å². The second kappa shape index (κ2) is 4.61. The Balaban J connectivity index is 1.68. The lowest BCUT2D eigenvalue weighted by Crippen LogP contribution is -2.49. The average Bonchev–Trinajstić information content (AvgIpc) is 2.81. The van der Waals surface area contributed by atoms with Crippen molar-refractivity contribution in [3.63, 3.8) is 0 Å². The molecule has 2 aliphatic rings. The summed E-state index contributed by atoms with van der Waals surface area (Å²) in [7, 11) is 0. The van der Waals surface area contributed by atoms with E-state index < -0.39 is 0 Å². The summed E-state index contributed by atoms with van der Waals surface area (Å²) in [6.45, 7) is 4.06. The Bertz CT molecular complexity index is 436. The van der Waals surface area contributed by atoms with Gasteiger partial charge in [0.25, 0.3) is 0 Å². The first-order chi connectivity index (χ1) is 8.74. The number of carbonyl (C=O) groups excluding carboxylic acids is 1. The van der Waals surface area contributed by atoms with Crippen LogP contribution in [0.5, 0.6) is 0 Å². The number of carbonyl (C=O) groups is 1. The lowest BCUT2D eigenvalue weighted by atomic mass is 10.1. The molecule has 0 bridgehead atoms. The standard InChI is InChI=1S/C14H18N2O2/c1-10-9-16(6-7-18-10)14(17)13-8-11-4-2-3-5-12(11)15-13/h2-5,10,13,15H,6-9H2,1H3/t10-,13+/m0/s1. The highest BCUT2D eigenvalue weighted by Gasteiger charge is 2.31. The second-order valence-electron chi connectivity index (χ2n) is 5.02. The van der Waals surface area contributed by atoms with Crippen LogP contribution in [0.1, 0.15) is 12.5 Å². The molecule has 1 aromatic carbocycles. The number of amides is 1. The fourth-order valence-corrected chi connectivity index (χ4v) is 2.69. The number of nitrogens with one attached hydrogen (secondary N) is 1. The van der Waals surface area contributed by atoms with Gasteiger partial charge in [0.05, 0.1) is 12.7 Å². The van der Waals surface area contributed by atoms with E-state index in [0.29, 0.717) is 19.7 Å². The molecule has 18 heavy (non-hydrogen) atoms. The summed E-state index contributed by atoms with van der Waals surface area (Å²) in [5.74, 6) is 0.196. The van der Waals surface area contributed by atoms with Crippen molar-refractivity contribution in [2.75, 3.05) is 25.0 Å². The van der Waals surface area contributed by atoms with Crippen LogP contribution in [0.4, 0.5) is 5.69 Å². The molecule has 0 spiro atoms. The highest BCUT2D eigenvalue weighted by Crippen LogP contribution is 2.26. The van der Waals surface area contributed by atoms with Crippen LogP contribution < -0.4 is 5.32 Å². The molecule has 96 valence electrons. The third kappa shape index (κ3) is 2.08. The molecule has 1 amide bonds. The Morgan fingerprint density at radius 1 is 1.44 bits per heavy atom. The highest BCUT2D eigenvalue weighted by atomic mass is 16.5. The van der Waals surface area contributed by atoms with E-state index >= 15 is 0 Å². The first-order valence-electron chi connectivity index (χ1n) is 6.49. The summed E-state index contributed by atoms with van der Waals surface area (Å²) in [4.78, 5) is 14.3. The van der Waals surface area contributed by atoms with E-state index in [1.54, 1.807) is 0 Å². The van der Waals surface area contributed by atoms with Gasteiger partial charge in [0.1, 0.15) is 6.04 Å². The topological polar surface area (TPSA) is 41.6 Å². The van der Waals surface area contributed by atoms with E-state index in [1.807, 2.05) is 30.0 Å². The minimum Gasteiger partial charge on any atom is -0.375 e. The Labute approximate surface area is 107 Å². The molecular formula is C14H18N2O2. The van der Waals surface area contributed by atoms with Crippen LogP contribution in [-0.2, 0) is 16.0 Å². The van der Waals surface area contributed by atoms with E-state index in [-0.39, 0.29) is 18.1 Å². The number of fused-ring (bicyclic) bond motifs is 1. The average molecular weight is 246 g/mol. The summed E-state index contributed by atoms with van der Waals surface area (Å²) in [5.41, 5.74) is 2.33. The molecule has 1 saturated heterocycles. The number of hydrogen-bond acceptors (Lipinski definition) is 3. The van der Waals surface area contributed by atoms with Crippen LogP contribution in [0.15, 0.2) is 24.3 Å². The molecular weight excluding hydrogens is 228 g/mol. The van der Waals surface area contributed by atoms with Gasteiger partial charge in [0.2, 0.25) is 5.91 Å². The SMILES string of the molecule is C[C@H]1CN(C(=O)[C@H]2Cc3ccccc3N2)CCO1. The van der Waals surface area contributed by atoms with Gasteiger partial charge in [-0.1, -0.05) is 18.2 Å². The van der Waals surface area contributed by atoms with Crippen LogP contribution in [0.2, 0.25) is 0 Å². The molecule has 1 fully saturated rings. The molecule has 0 unspecified atom stereocenters. The van der Waals surface area contributed by atoms with Crippen molar-refractivity contribution in [3.05, 3.63) is 29.8 Å². The minimum atomic E-state index is -0.104. The predicted molar refractivity (Wildman–Crippen MR) is 69.6 cm³/mol. The lowest BCUT2D eigenvalue weighted by molar-refractivity contribution is -0.138. The number of para-hydroxylation sites is 1. The summed E-state index contributed by atoms with van der Waals surface area (Å²) in [6, 6.07) is 8.02. The first-order valence-corrected chi connectivity index (χ1v) is 6.49. The molecule has 0 aromatic heterocycles. The van der Waals surface area contributed by atoms with Crippen molar-refractivity contribution < 1.29 is 9.53 Å². The zero-order chi connectivity index (χ0) is 12.5. The fourth-order valence-electron chi connectivity index (χ4n) is 2.69. The zero-order valence-electron chi connectivity index (χ0n) is 10.6. The van der Waals surface area contributed by atoms with Crippen molar-refractivity contribution in [3.8, 4) is 0 Å². The number of hydrogen-bond donors (Lipinski definition) is 1. The second-order valence-corrected chi connectivity index (χ2v) is 5.02. The minimum absolute atomic E-state index is 0.104. The van der Waals surface area contributed by atoms with Crippen LogP contribution in [0.3, 0.4) is 0 Å². The molecule has 1 aromatic rings. The van der Waals surface area contributed by atoms with Crippen molar-refractivity contribution >= 4 is 11.6 Å². The Hall–Kier alpha value is -1.55. The van der Waals surface area contributed by atoms with Gasteiger partial charge in [-0.05, 0) is 18.6 Å². The molecule has 0 radical (unpaired) electrons. The monoisotopic (exact) mass is 246 g/mol. The van der Waals surface area contributed by atoms with E-state index in [0.717, 1.165) is 12.1 Å². The van der Waals surface area contributed by atoms with Crippen LogP contribution in [-0.4, -0.2) is 42.6 Å². The van der Waals surface area contributed by atoms with Gasteiger partial charge in [0, 0.05) is 25.2 Å².